The van der Waals surface area contributed by atoms with Crippen LogP contribution in [-0.4, -0.2) is 79.5 Å². The van der Waals surface area contributed by atoms with Crippen molar-refractivity contribution in [3.8, 4) is 16.9 Å². The third-order valence-electron chi connectivity index (χ3n) is 9.04. The molecule has 0 bridgehead atoms. The zero-order valence-corrected chi connectivity index (χ0v) is 24.3. The molecule has 5 rings (SSSR count). The molecule has 1 unspecified atom stereocenters. The molecule has 0 aliphatic carbocycles. The lowest BCUT2D eigenvalue weighted by Gasteiger charge is -2.50. The predicted molar refractivity (Wildman–Crippen MR) is 155 cm³/mol. The first-order chi connectivity index (χ1) is 19.7. The van der Waals surface area contributed by atoms with E-state index in [-0.39, 0.29) is 48.7 Å². The van der Waals surface area contributed by atoms with Crippen LogP contribution < -0.4 is 15.4 Å². The highest BCUT2D eigenvalue weighted by Gasteiger charge is 2.46. The van der Waals surface area contributed by atoms with Gasteiger partial charge in [-0.15, -0.1) is 0 Å². The van der Waals surface area contributed by atoms with Crippen molar-refractivity contribution in [1.82, 2.24) is 15.5 Å². The smallest absolute Gasteiger partial charge is 0.254 e. The normalized spacial score (nSPS) is 22.8. The zero-order valence-electron chi connectivity index (χ0n) is 24.3. The highest BCUT2D eigenvalue weighted by atomic mass is 19.1. The first-order valence-corrected chi connectivity index (χ1v) is 14.9. The predicted octanol–water partition coefficient (Wildman–Crippen LogP) is 4.04. The number of rotatable bonds is 8. The van der Waals surface area contributed by atoms with Gasteiger partial charge in [0.15, 0.2) is 0 Å². The van der Waals surface area contributed by atoms with Gasteiger partial charge in [0, 0.05) is 78.6 Å². The van der Waals surface area contributed by atoms with Gasteiger partial charge in [0.25, 0.3) is 11.8 Å². The number of aliphatic hydroxyl groups is 1. The Bertz CT molecular complexity index is 1270. The number of hydrogen-bond donors (Lipinski definition) is 3. The standard InChI is InChI=1S/C32H42FN3O5/c1-20-32(2,3)27-17-25(24-16-21(7-8-28(24)33)30(38)35-22-9-14-40-15-10-22)29(41-13-5-12-37)18-26(27)31(39)36(20)23-6-4-11-34-19-23/h7-8,16-18,20,22-23,34,37H,4-6,9-15,19H2,1-3H3,(H,35,38)/t20?,23-/m1/s1. The summed E-state index contributed by atoms with van der Waals surface area (Å²) in [6.07, 6.45) is 3.83. The molecule has 2 fully saturated rings. The number of ether oxygens (including phenoxy) is 2. The Kier molecular flexibility index (Phi) is 8.97. The van der Waals surface area contributed by atoms with Crippen LogP contribution in [0.25, 0.3) is 11.1 Å². The van der Waals surface area contributed by atoms with E-state index in [4.69, 9.17) is 9.47 Å². The maximum Gasteiger partial charge on any atom is 0.254 e. The molecule has 2 aromatic rings. The molecule has 0 aromatic heterocycles. The van der Waals surface area contributed by atoms with E-state index in [1.54, 1.807) is 12.1 Å². The Labute approximate surface area is 241 Å². The Balaban J connectivity index is 1.56. The van der Waals surface area contributed by atoms with Crippen molar-refractivity contribution in [3.05, 3.63) is 52.8 Å². The molecule has 3 aliphatic heterocycles. The number of halogens is 1. The number of nitrogens with zero attached hydrogens (tertiary/aromatic N) is 1. The van der Waals surface area contributed by atoms with Gasteiger partial charge in [-0.05, 0) is 75.0 Å². The molecule has 0 saturated carbocycles. The van der Waals surface area contributed by atoms with Crippen LogP contribution in [0.5, 0.6) is 5.75 Å². The number of carbonyl (C=O) groups excluding carboxylic acids is 2. The van der Waals surface area contributed by atoms with Gasteiger partial charge in [-0.25, -0.2) is 4.39 Å². The number of carbonyl (C=O) groups is 2. The lowest BCUT2D eigenvalue weighted by atomic mass is 9.71. The average Bonchev–Trinajstić information content (AvgIpc) is 2.97. The summed E-state index contributed by atoms with van der Waals surface area (Å²) < 4.78 is 27.0. The monoisotopic (exact) mass is 567 g/mol. The molecule has 9 heteroatoms. The third-order valence-corrected chi connectivity index (χ3v) is 9.04. The maximum absolute atomic E-state index is 15.5. The molecule has 3 N–H and O–H groups in total. The van der Waals surface area contributed by atoms with Gasteiger partial charge in [0.2, 0.25) is 0 Å². The summed E-state index contributed by atoms with van der Waals surface area (Å²) in [5.74, 6) is -0.440. The summed E-state index contributed by atoms with van der Waals surface area (Å²) in [6, 6.07) is 7.99. The van der Waals surface area contributed by atoms with Crippen LogP contribution in [0.15, 0.2) is 30.3 Å². The summed E-state index contributed by atoms with van der Waals surface area (Å²) in [4.78, 5) is 29.1. The Morgan fingerprint density at radius 2 is 1.95 bits per heavy atom. The first-order valence-electron chi connectivity index (χ1n) is 14.9. The van der Waals surface area contributed by atoms with E-state index in [1.807, 2.05) is 11.0 Å². The Hall–Kier alpha value is -3.01. The minimum atomic E-state index is -0.484. The van der Waals surface area contributed by atoms with E-state index in [0.717, 1.165) is 44.3 Å². The molecule has 222 valence electrons. The fourth-order valence-electron chi connectivity index (χ4n) is 6.29. The van der Waals surface area contributed by atoms with E-state index < -0.39 is 11.2 Å². The summed E-state index contributed by atoms with van der Waals surface area (Å²) in [5.41, 5.74) is 2.04. The van der Waals surface area contributed by atoms with E-state index in [9.17, 15) is 14.7 Å². The first kappa shape index (κ1) is 29.5. The molecule has 2 saturated heterocycles. The van der Waals surface area contributed by atoms with Gasteiger partial charge >= 0.3 is 0 Å². The molecular weight excluding hydrogens is 525 g/mol. The van der Waals surface area contributed by atoms with Crippen molar-refractivity contribution >= 4 is 11.8 Å². The van der Waals surface area contributed by atoms with Gasteiger partial charge < -0.3 is 30.1 Å². The molecule has 2 amide bonds. The number of aliphatic hydroxyl groups excluding tert-OH is 1. The molecule has 0 radical (unpaired) electrons. The van der Waals surface area contributed by atoms with Crippen molar-refractivity contribution in [2.45, 2.75) is 76.4 Å². The van der Waals surface area contributed by atoms with Gasteiger partial charge in [0.05, 0.1) is 6.61 Å². The molecule has 41 heavy (non-hydrogen) atoms. The zero-order chi connectivity index (χ0) is 29.1. The second-order valence-electron chi connectivity index (χ2n) is 12.0. The van der Waals surface area contributed by atoms with Crippen molar-refractivity contribution in [2.24, 2.45) is 0 Å². The van der Waals surface area contributed by atoms with Crippen LogP contribution >= 0.6 is 0 Å². The Morgan fingerprint density at radius 1 is 1.17 bits per heavy atom. The molecular formula is C32H42FN3O5. The van der Waals surface area contributed by atoms with Gasteiger partial charge in [-0.1, -0.05) is 13.8 Å². The topological polar surface area (TPSA) is 100 Å². The largest absolute Gasteiger partial charge is 0.493 e. The van der Waals surface area contributed by atoms with E-state index in [2.05, 4.69) is 31.4 Å². The van der Waals surface area contributed by atoms with Crippen molar-refractivity contribution in [3.63, 3.8) is 0 Å². The Morgan fingerprint density at radius 3 is 2.66 bits per heavy atom. The molecule has 3 heterocycles. The average molecular weight is 568 g/mol. The second kappa shape index (κ2) is 12.5. The number of piperidine rings is 1. The summed E-state index contributed by atoms with van der Waals surface area (Å²) in [5, 5.41) is 15.8. The number of hydrogen-bond acceptors (Lipinski definition) is 6. The van der Waals surface area contributed by atoms with Gasteiger partial charge in [-0.2, -0.15) is 0 Å². The fraction of sp³-hybridized carbons (Fsp3) is 0.562. The number of nitrogens with one attached hydrogen (secondary N) is 2. The van der Waals surface area contributed by atoms with Crippen molar-refractivity contribution in [2.75, 3.05) is 39.5 Å². The lowest BCUT2D eigenvalue weighted by molar-refractivity contribution is 0.0387. The molecule has 2 atom stereocenters. The van der Waals surface area contributed by atoms with Crippen LogP contribution in [0.1, 0.15) is 79.2 Å². The highest BCUT2D eigenvalue weighted by molar-refractivity contribution is 6.00. The lowest BCUT2D eigenvalue weighted by Crippen LogP contribution is -2.60. The fourth-order valence-corrected chi connectivity index (χ4v) is 6.29. The SMILES string of the molecule is CC1N([C@@H]2CCCNC2)C(=O)c2cc(OCCCO)c(-c3cc(C(=O)NC4CCOCC4)ccc3F)cc2C1(C)C. The number of benzene rings is 2. The van der Waals surface area contributed by atoms with E-state index in [1.165, 1.54) is 12.1 Å². The molecule has 2 aromatic carbocycles. The van der Waals surface area contributed by atoms with E-state index in [0.29, 0.717) is 42.1 Å². The summed E-state index contributed by atoms with van der Waals surface area (Å²) >= 11 is 0. The van der Waals surface area contributed by atoms with Crippen LogP contribution in [-0.2, 0) is 10.2 Å². The quantitative estimate of drug-likeness (QED) is 0.417. The van der Waals surface area contributed by atoms with Crippen LogP contribution in [0.3, 0.4) is 0 Å². The minimum absolute atomic E-state index is 0.0153. The molecule has 8 nitrogen and oxygen atoms in total. The number of fused-ring (bicyclic) bond motifs is 1. The second-order valence-corrected chi connectivity index (χ2v) is 12.0. The maximum atomic E-state index is 15.5. The van der Waals surface area contributed by atoms with Crippen molar-refractivity contribution in [1.29, 1.82) is 0 Å². The van der Waals surface area contributed by atoms with Crippen molar-refractivity contribution < 1.29 is 28.6 Å². The third kappa shape index (κ3) is 5.98. The summed E-state index contributed by atoms with van der Waals surface area (Å²) in [7, 11) is 0. The van der Waals surface area contributed by atoms with Gasteiger partial charge in [-0.3, -0.25) is 9.59 Å². The number of amides is 2. The van der Waals surface area contributed by atoms with E-state index >= 15 is 4.39 Å². The van der Waals surface area contributed by atoms with Crippen LogP contribution in [0.2, 0.25) is 0 Å². The van der Waals surface area contributed by atoms with Gasteiger partial charge in [0.1, 0.15) is 11.6 Å². The highest BCUT2D eigenvalue weighted by Crippen LogP contribution is 2.45. The minimum Gasteiger partial charge on any atom is -0.493 e. The molecule has 0 spiro atoms. The van der Waals surface area contributed by atoms with Crippen LogP contribution in [0.4, 0.5) is 4.39 Å². The summed E-state index contributed by atoms with van der Waals surface area (Å²) in [6.45, 7) is 9.40. The molecule has 3 aliphatic rings. The van der Waals surface area contributed by atoms with Crippen LogP contribution in [0, 0.1) is 5.82 Å².